The number of thioether (sulfide) groups is 1. The van der Waals surface area contributed by atoms with Crippen LogP contribution in [0.25, 0.3) is 6.08 Å². The number of hydrogen-bond donors (Lipinski definition) is 1. The number of methoxy groups -OCH3 is 1. The fourth-order valence-electron chi connectivity index (χ4n) is 1.04. The van der Waals surface area contributed by atoms with Crippen LogP contribution in [0.3, 0.4) is 0 Å². The number of carbonyl (C=O) groups is 1. The molecule has 0 bridgehead atoms. The van der Waals surface area contributed by atoms with Crippen molar-refractivity contribution in [2.45, 2.75) is 0 Å². The summed E-state index contributed by atoms with van der Waals surface area (Å²) in [6.07, 6.45) is 1.44. The molecule has 0 aliphatic carbocycles. The normalized spacial score (nSPS) is 10.6. The number of carboxylic acid groups (broad SMARTS) is 1. The predicted molar refractivity (Wildman–Crippen MR) is 61.8 cm³/mol. The molecular weight excluding hydrogens is 226 g/mol. The molecule has 0 saturated heterocycles. The van der Waals surface area contributed by atoms with Crippen LogP contribution >= 0.6 is 11.8 Å². The van der Waals surface area contributed by atoms with E-state index < -0.39 is 5.97 Å². The van der Waals surface area contributed by atoms with E-state index in [9.17, 15) is 4.79 Å². The van der Waals surface area contributed by atoms with Crippen LogP contribution < -0.4 is 4.74 Å². The van der Waals surface area contributed by atoms with Crippen LogP contribution in [-0.2, 0) is 4.79 Å². The minimum absolute atomic E-state index is 0.00679. The van der Waals surface area contributed by atoms with Crippen molar-refractivity contribution in [3.63, 3.8) is 0 Å². The maximum atomic E-state index is 10.8. The monoisotopic (exact) mass is 235 g/mol. The Morgan fingerprint density at radius 3 is 2.56 bits per heavy atom. The zero-order chi connectivity index (χ0) is 12.0. The van der Waals surface area contributed by atoms with Crippen LogP contribution in [0.1, 0.15) is 5.56 Å². The van der Waals surface area contributed by atoms with Gasteiger partial charge in [-0.1, -0.05) is 12.1 Å². The number of rotatable bonds is 4. The first kappa shape index (κ1) is 12.1. The van der Waals surface area contributed by atoms with Crippen molar-refractivity contribution < 1.29 is 14.6 Å². The van der Waals surface area contributed by atoms with Gasteiger partial charge in [0, 0.05) is 0 Å². The van der Waals surface area contributed by atoms with Crippen LogP contribution in [0.2, 0.25) is 0 Å². The largest absolute Gasteiger partial charge is 0.497 e. The Labute approximate surface area is 97.2 Å². The molecule has 0 saturated carbocycles. The number of aliphatic carboxylic acids is 1. The van der Waals surface area contributed by atoms with E-state index in [1.807, 2.05) is 0 Å². The van der Waals surface area contributed by atoms with Gasteiger partial charge in [0.1, 0.15) is 16.1 Å². The Morgan fingerprint density at radius 2 is 2.12 bits per heavy atom. The third-order valence-electron chi connectivity index (χ3n) is 1.78. The summed E-state index contributed by atoms with van der Waals surface area (Å²) in [5, 5.41) is 19.0. The number of nitrogens with zero attached hydrogens (tertiary/aromatic N) is 1. The lowest BCUT2D eigenvalue weighted by Crippen LogP contribution is -1.95. The molecule has 0 amide bonds. The van der Waals surface area contributed by atoms with Crippen LogP contribution in [0.4, 0.5) is 0 Å². The average Bonchev–Trinajstić information content (AvgIpc) is 2.29. The van der Waals surface area contributed by atoms with Crippen molar-refractivity contribution in [2.75, 3.05) is 7.11 Å². The lowest BCUT2D eigenvalue weighted by molar-refractivity contribution is -0.131. The fourth-order valence-corrected chi connectivity index (χ4v) is 1.42. The molecule has 1 N–H and O–H groups in total. The zero-order valence-electron chi connectivity index (χ0n) is 8.51. The Morgan fingerprint density at radius 1 is 1.50 bits per heavy atom. The molecule has 0 heterocycles. The van der Waals surface area contributed by atoms with E-state index in [1.165, 1.54) is 6.08 Å². The van der Waals surface area contributed by atoms with Gasteiger partial charge in [-0.3, -0.25) is 0 Å². The van der Waals surface area contributed by atoms with Gasteiger partial charge >= 0.3 is 5.97 Å². The summed E-state index contributed by atoms with van der Waals surface area (Å²) < 4.78 is 4.97. The molecule has 16 heavy (non-hydrogen) atoms. The molecule has 4 nitrogen and oxygen atoms in total. The number of ether oxygens (including phenoxy) is 1. The third-order valence-corrected chi connectivity index (χ3v) is 2.38. The average molecular weight is 235 g/mol. The van der Waals surface area contributed by atoms with E-state index in [0.717, 1.165) is 0 Å². The second kappa shape index (κ2) is 5.83. The van der Waals surface area contributed by atoms with Gasteiger partial charge in [-0.05, 0) is 35.5 Å². The van der Waals surface area contributed by atoms with Crippen molar-refractivity contribution in [3.8, 4) is 11.2 Å². The predicted octanol–water partition coefficient (Wildman–Crippen LogP) is 2.33. The highest BCUT2D eigenvalue weighted by Crippen LogP contribution is 2.20. The maximum absolute atomic E-state index is 10.8. The first-order chi connectivity index (χ1) is 7.67. The smallest absolute Gasteiger partial charge is 0.343 e. The molecule has 0 aliphatic heterocycles. The Kier molecular flexibility index (Phi) is 4.42. The molecular formula is C11H9NO3S. The molecule has 5 heteroatoms. The van der Waals surface area contributed by atoms with Gasteiger partial charge in [0.15, 0.2) is 0 Å². The van der Waals surface area contributed by atoms with Crippen molar-refractivity contribution in [1.82, 2.24) is 0 Å². The van der Waals surface area contributed by atoms with Gasteiger partial charge in [-0.2, -0.15) is 5.26 Å². The van der Waals surface area contributed by atoms with Gasteiger partial charge in [-0.25, -0.2) is 4.79 Å². The summed E-state index contributed by atoms with van der Waals surface area (Å²) >= 11 is 0.625. The number of carboxylic acids is 1. The highest BCUT2D eigenvalue weighted by molar-refractivity contribution is 8.08. The molecule has 0 unspecified atom stereocenters. The molecule has 0 radical (unpaired) electrons. The molecule has 0 aromatic heterocycles. The van der Waals surface area contributed by atoms with Gasteiger partial charge < -0.3 is 9.84 Å². The molecule has 0 atom stereocenters. The minimum atomic E-state index is -1.11. The summed E-state index contributed by atoms with van der Waals surface area (Å²) in [4.78, 5) is 10.7. The van der Waals surface area contributed by atoms with Gasteiger partial charge in [0.2, 0.25) is 0 Å². The van der Waals surface area contributed by atoms with Gasteiger partial charge in [0.05, 0.1) is 7.11 Å². The van der Waals surface area contributed by atoms with Crippen LogP contribution in [0.5, 0.6) is 5.75 Å². The van der Waals surface area contributed by atoms with E-state index >= 15 is 0 Å². The van der Waals surface area contributed by atoms with E-state index in [4.69, 9.17) is 15.1 Å². The highest BCUT2D eigenvalue weighted by atomic mass is 32.2. The van der Waals surface area contributed by atoms with Crippen LogP contribution in [0.15, 0.2) is 29.2 Å². The maximum Gasteiger partial charge on any atom is 0.343 e. The number of thiocyanates is 1. The SMILES string of the molecule is COc1ccc(/C=C(\SC#N)C(=O)O)cc1. The van der Waals surface area contributed by atoms with E-state index in [1.54, 1.807) is 36.8 Å². The first-order valence-corrected chi connectivity index (χ1v) is 5.14. The summed E-state index contributed by atoms with van der Waals surface area (Å²) in [6.45, 7) is 0. The number of benzene rings is 1. The topological polar surface area (TPSA) is 70.3 Å². The molecule has 0 fully saturated rings. The summed E-state index contributed by atoms with van der Waals surface area (Å²) in [6, 6.07) is 6.89. The summed E-state index contributed by atoms with van der Waals surface area (Å²) in [5.74, 6) is -0.413. The molecule has 1 rings (SSSR count). The van der Waals surface area contributed by atoms with Crippen LogP contribution in [0, 0.1) is 10.7 Å². The van der Waals surface area contributed by atoms with Gasteiger partial charge in [0.25, 0.3) is 0 Å². The Balaban J connectivity index is 2.95. The van der Waals surface area contributed by atoms with Crippen molar-refractivity contribution in [1.29, 1.82) is 5.26 Å². The minimum Gasteiger partial charge on any atom is -0.497 e. The molecule has 82 valence electrons. The van der Waals surface area contributed by atoms with Crippen molar-refractivity contribution in [2.24, 2.45) is 0 Å². The van der Waals surface area contributed by atoms with E-state index in [-0.39, 0.29) is 4.91 Å². The van der Waals surface area contributed by atoms with Crippen molar-refractivity contribution in [3.05, 3.63) is 34.7 Å². The zero-order valence-corrected chi connectivity index (χ0v) is 9.32. The summed E-state index contributed by atoms with van der Waals surface area (Å²) in [5.41, 5.74) is 0.709. The fraction of sp³-hybridized carbons (Fsp3) is 0.0909. The quantitative estimate of drug-likeness (QED) is 0.640. The third kappa shape index (κ3) is 3.33. The standard InChI is InChI=1S/C11H9NO3S/c1-15-9-4-2-8(3-5-9)6-10(11(13)14)16-7-12/h2-6H,1H3,(H,13,14)/b10-6-. The molecule has 1 aromatic rings. The highest BCUT2D eigenvalue weighted by Gasteiger charge is 2.07. The number of hydrogen-bond acceptors (Lipinski definition) is 4. The van der Waals surface area contributed by atoms with Crippen molar-refractivity contribution >= 4 is 23.8 Å². The van der Waals surface area contributed by atoms with Gasteiger partial charge in [-0.15, -0.1) is 0 Å². The van der Waals surface area contributed by atoms with Crippen LogP contribution in [-0.4, -0.2) is 18.2 Å². The molecule has 0 aliphatic rings. The lowest BCUT2D eigenvalue weighted by atomic mass is 10.2. The van der Waals surface area contributed by atoms with E-state index in [0.29, 0.717) is 23.1 Å². The first-order valence-electron chi connectivity index (χ1n) is 4.32. The second-order valence-corrected chi connectivity index (χ2v) is 3.61. The molecule has 1 aromatic carbocycles. The second-order valence-electron chi connectivity index (χ2n) is 2.78. The number of nitriles is 1. The van der Waals surface area contributed by atoms with E-state index in [2.05, 4.69) is 0 Å². The molecule has 0 spiro atoms. The Bertz CT molecular complexity index is 445. The lowest BCUT2D eigenvalue weighted by Gasteiger charge is -2.00. The Hall–Kier alpha value is -1.93. The summed E-state index contributed by atoms with van der Waals surface area (Å²) in [7, 11) is 1.55.